The molecule has 2 aliphatic heterocycles. The molecule has 1 aromatic carbocycles. The molecule has 1 aliphatic carbocycles. The van der Waals surface area contributed by atoms with Crippen molar-refractivity contribution in [3.8, 4) is 11.3 Å². The summed E-state index contributed by atoms with van der Waals surface area (Å²) in [6.45, 7) is 2.00. The summed E-state index contributed by atoms with van der Waals surface area (Å²) < 4.78 is 0. The minimum absolute atomic E-state index is 0.323. The summed E-state index contributed by atoms with van der Waals surface area (Å²) in [5.41, 5.74) is 4.99. The van der Waals surface area contributed by atoms with Crippen molar-refractivity contribution in [1.29, 1.82) is 0 Å². The van der Waals surface area contributed by atoms with E-state index in [0.717, 1.165) is 55.3 Å². The number of amides is 2. The third kappa shape index (κ3) is 1.89. The van der Waals surface area contributed by atoms with E-state index in [1.807, 2.05) is 6.07 Å². The van der Waals surface area contributed by atoms with Crippen molar-refractivity contribution in [2.24, 2.45) is 0 Å². The second-order valence-corrected chi connectivity index (χ2v) is 6.54. The van der Waals surface area contributed by atoms with E-state index in [9.17, 15) is 9.59 Å². The van der Waals surface area contributed by atoms with Gasteiger partial charge in [0.1, 0.15) is 0 Å². The van der Waals surface area contributed by atoms with Crippen molar-refractivity contribution in [2.45, 2.75) is 25.7 Å². The van der Waals surface area contributed by atoms with Gasteiger partial charge in [0.05, 0.1) is 16.8 Å². The number of fused-ring (bicyclic) bond motifs is 2. The highest BCUT2D eigenvalue weighted by Gasteiger charge is 2.29. The first-order valence-corrected chi connectivity index (χ1v) is 8.35. The summed E-state index contributed by atoms with van der Waals surface area (Å²) in [4.78, 5) is 35.4. The molecule has 2 aromatic rings. The maximum absolute atomic E-state index is 12.0. The Balaban J connectivity index is 1.67. The van der Waals surface area contributed by atoms with E-state index in [2.05, 4.69) is 10.2 Å². The van der Waals surface area contributed by atoms with Gasteiger partial charge < -0.3 is 4.90 Å². The first-order valence-electron chi connectivity index (χ1n) is 8.35. The lowest BCUT2D eigenvalue weighted by Gasteiger charge is -2.31. The minimum Gasteiger partial charge on any atom is -0.341 e. The van der Waals surface area contributed by atoms with Crippen LogP contribution in [0.15, 0.2) is 18.2 Å². The van der Waals surface area contributed by atoms with Crippen LogP contribution in [0, 0.1) is 0 Å². The van der Waals surface area contributed by atoms with Gasteiger partial charge in [-0.15, -0.1) is 0 Å². The van der Waals surface area contributed by atoms with E-state index in [-0.39, 0.29) is 11.8 Å². The Kier molecular flexibility index (Phi) is 2.77. The van der Waals surface area contributed by atoms with Gasteiger partial charge in [0.25, 0.3) is 11.8 Å². The summed E-state index contributed by atoms with van der Waals surface area (Å²) in [7, 11) is 0. The van der Waals surface area contributed by atoms with Crippen molar-refractivity contribution < 1.29 is 9.59 Å². The predicted molar refractivity (Wildman–Crippen MR) is 88.1 cm³/mol. The molecule has 5 rings (SSSR count). The Labute approximate surface area is 138 Å². The molecule has 24 heavy (non-hydrogen) atoms. The highest BCUT2D eigenvalue weighted by atomic mass is 16.2. The maximum Gasteiger partial charge on any atom is 0.258 e. The van der Waals surface area contributed by atoms with E-state index in [1.54, 1.807) is 12.1 Å². The summed E-state index contributed by atoms with van der Waals surface area (Å²) in [5, 5.41) is 2.34. The minimum atomic E-state index is -0.328. The third-order valence-electron chi connectivity index (χ3n) is 5.07. The summed E-state index contributed by atoms with van der Waals surface area (Å²) in [6, 6.07) is 5.39. The van der Waals surface area contributed by atoms with Crippen LogP contribution in [0.4, 0.5) is 5.95 Å². The van der Waals surface area contributed by atoms with Crippen LogP contribution in [-0.2, 0) is 12.8 Å². The summed E-state index contributed by atoms with van der Waals surface area (Å²) >= 11 is 0. The van der Waals surface area contributed by atoms with Crippen LogP contribution >= 0.6 is 0 Å². The van der Waals surface area contributed by atoms with Gasteiger partial charge >= 0.3 is 0 Å². The first-order chi connectivity index (χ1) is 11.7. The maximum atomic E-state index is 12.0. The second-order valence-electron chi connectivity index (χ2n) is 6.54. The smallest absolute Gasteiger partial charge is 0.258 e. The summed E-state index contributed by atoms with van der Waals surface area (Å²) in [6.07, 6.45) is 4.21. The lowest BCUT2D eigenvalue weighted by molar-refractivity contribution is 0.0879. The van der Waals surface area contributed by atoms with E-state index in [4.69, 9.17) is 9.97 Å². The van der Waals surface area contributed by atoms with Crippen LogP contribution in [0.5, 0.6) is 0 Å². The molecule has 0 bridgehead atoms. The molecule has 1 fully saturated rings. The molecular weight excluding hydrogens is 304 g/mol. The fourth-order valence-electron chi connectivity index (χ4n) is 3.63. The number of imide groups is 1. The van der Waals surface area contributed by atoms with Crippen molar-refractivity contribution in [2.75, 3.05) is 18.0 Å². The largest absolute Gasteiger partial charge is 0.341 e. The van der Waals surface area contributed by atoms with E-state index < -0.39 is 0 Å². The van der Waals surface area contributed by atoms with Gasteiger partial charge in [-0.1, -0.05) is 6.07 Å². The molecule has 2 amide bonds. The number of carbonyl (C=O) groups excluding carboxylic acids is 2. The lowest BCUT2D eigenvalue weighted by atomic mass is 10.00. The standard InChI is InChI=1S/C18H16N4O2/c23-16-11-6-5-10(9-13(11)17(24)21-16)15-12-3-1-4-14(12)19-18(20-15)22-7-2-8-22/h5-6,9H,1-4,7-8H2,(H,21,23,24). The number of rotatable bonds is 2. The van der Waals surface area contributed by atoms with Crippen LogP contribution in [-0.4, -0.2) is 34.9 Å². The predicted octanol–water partition coefficient (Wildman–Crippen LogP) is 1.73. The third-order valence-corrected chi connectivity index (χ3v) is 5.07. The monoisotopic (exact) mass is 320 g/mol. The Morgan fingerprint density at radius 2 is 1.79 bits per heavy atom. The average molecular weight is 320 g/mol. The van der Waals surface area contributed by atoms with Crippen molar-refractivity contribution >= 4 is 17.8 Å². The normalized spacial score (nSPS) is 18.2. The van der Waals surface area contributed by atoms with Gasteiger partial charge in [0.15, 0.2) is 0 Å². The zero-order valence-electron chi connectivity index (χ0n) is 13.1. The number of hydrogen-bond donors (Lipinski definition) is 1. The molecule has 3 aliphatic rings. The molecule has 0 atom stereocenters. The molecule has 0 radical (unpaired) electrons. The molecule has 0 spiro atoms. The van der Waals surface area contributed by atoms with E-state index >= 15 is 0 Å². The Morgan fingerprint density at radius 1 is 0.958 bits per heavy atom. The molecule has 120 valence electrons. The number of carbonyl (C=O) groups is 2. The van der Waals surface area contributed by atoms with Crippen LogP contribution in [0.25, 0.3) is 11.3 Å². The fraction of sp³-hybridized carbons (Fsp3) is 0.333. The van der Waals surface area contributed by atoms with Crippen LogP contribution < -0.4 is 10.2 Å². The fourth-order valence-corrected chi connectivity index (χ4v) is 3.63. The molecule has 1 saturated heterocycles. The lowest BCUT2D eigenvalue weighted by Crippen LogP contribution is -2.38. The molecule has 0 unspecified atom stereocenters. The molecule has 6 heteroatoms. The van der Waals surface area contributed by atoms with Gasteiger partial charge in [-0.05, 0) is 37.8 Å². The number of anilines is 1. The highest BCUT2D eigenvalue weighted by Crippen LogP contribution is 2.34. The molecule has 0 saturated carbocycles. The Bertz CT molecular complexity index is 902. The second kappa shape index (κ2) is 4.87. The Morgan fingerprint density at radius 3 is 2.58 bits per heavy atom. The topological polar surface area (TPSA) is 75.2 Å². The average Bonchev–Trinajstić information content (AvgIpc) is 3.10. The van der Waals surface area contributed by atoms with Gasteiger partial charge in [-0.25, -0.2) is 9.97 Å². The Hall–Kier alpha value is -2.76. The van der Waals surface area contributed by atoms with Crippen LogP contribution in [0.3, 0.4) is 0 Å². The SMILES string of the molecule is O=C1NC(=O)c2cc(-c3nc(N4CCC4)nc4c3CCC4)ccc21. The first kappa shape index (κ1) is 13.7. The molecule has 6 nitrogen and oxygen atoms in total. The number of aromatic nitrogens is 2. The number of aryl methyl sites for hydroxylation is 1. The van der Waals surface area contributed by atoms with E-state index in [0.29, 0.717) is 11.1 Å². The quantitative estimate of drug-likeness (QED) is 0.853. The van der Waals surface area contributed by atoms with Crippen molar-refractivity contribution in [1.82, 2.24) is 15.3 Å². The van der Waals surface area contributed by atoms with Crippen LogP contribution in [0.2, 0.25) is 0 Å². The van der Waals surface area contributed by atoms with Crippen molar-refractivity contribution in [3.63, 3.8) is 0 Å². The van der Waals surface area contributed by atoms with Gasteiger partial charge in [-0.2, -0.15) is 0 Å². The van der Waals surface area contributed by atoms with Gasteiger partial charge in [-0.3, -0.25) is 14.9 Å². The number of nitrogens with one attached hydrogen (secondary N) is 1. The molecule has 1 aromatic heterocycles. The number of hydrogen-bond acceptors (Lipinski definition) is 5. The zero-order valence-corrected chi connectivity index (χ0v) is 13.1. The van der Waals surface area contributed by atoms with Gasteiger partial charge in [0.2, 0.25) is 5.95 Å². The molecule has 1 N–H and O–H groups in total. The zero-order chi connectivity index (χ0) is 16.3. The summed E-state index contributed by atoms with van der Waals surface area (Å²) in [5.74, 6) is 0.138. The number of nitrogens with zero attached hydrogens (tertiary/aromatic N) is 3. The van der Waals surface area contributed by atoms with Crippen LogP contribution in [0.1, 0.15) is 44.8 Å². The highest BCUT2D eigenvalue weighted by molar-refractivity contribution is 6.21. The molecule has 3 heterocycles. The van der Waals surface area contributed by atoms with E-state index in [1.165, 1.54) is 12.0 Å². The van der Waals surface area contributed by atoms with Crippen molar-refractivity contribution in [3.05, 3.63) is 40.6 Å². The molecular formula is C18H16N4O2. The van der Waals surface area contributed by atoms with Gasteiger partial charge in [0, 0.05) is 29.9 Å². The number of benzene rings is 1.